The molecule has 0 atom stereocenters. The van der Waals surface area contributed by atoms with Crippen LogP contribution in [0.2, 0.25) is 0 Å². The number of aromatic nitrogens is 1. The lowest BCUT2D eigenvalue weighted by Gasteiger charge is -2.18. The molecule has 0 saturated carbocycles. The Hall–Kier alpha value is -3.73. The normalized spacial score (nSPS) is 11.5. The Bertz CT molecular complexity index is 1180. The number of hydrogen-bond acceptors (Lipinski definition) is 4. The van der Waals surface area contributed by atoms with Crippen molar-refractivity contribution in [1.82, 2.24) is 4.98 Å². The second-order valence-electron chi connectivity index (χ2n) is 8.22. The Morgan fingerprint density at radius 1 is 1.03 bits per heavy atom. The van der Waals surface area contributed by atoms with E-state index in [4.69, 9.17) is 4.74 Å². The highest BCUT2D eigenvalue weighted by atomic mass is 16.6. The summed E-state index contributed by atoms with van der Waals surface area (Å²) >= 11 is 0. The molecular weight excluding hydrogens is 388 g/mol. The van der Waals surface area contributed by atoms with Gasteiger partial charge in [-0.3, -0.25) is 9.78 Å². The molecule has 0 unspecified atom stereocenters. The number of rotatable bonds is 5. The van der Waals surface area contributed by atoms with Crippen LogP contribution >= 0.6 is 0 Å². The fourth-order valence-corrected chi connectivity index (χ4v) is 3.27. The number of aryl methyl sites for hydroxylation is 1. The monoisotopic (exact) mass is 414 g/mol. The quantitative estimate of drug-likeness (QED) is 0.330. The summed E-state index contributed by atoms with van der Waals surface area (Å²) in [6.45, 7) is 11.4. The molecule has 1 heterocycles. The lowest BCUT2D eigenvalue weighted by molar-refractivity contribution is -0.148. The van der Waals surface area contributed by atoms with Gasteiger partial charge in [0.1, 0.15) is 5.60 Å². The van der Waals surface area contributed by atoms with Gasteiger partial charge in [-0.25, -0.2) is 4.79 Å². The molecule has 0 aliphatic rings. The molecule has 158 valence electrons. The van der Waals surface area contributed by atoms with Crippen LogP contribution < -0.4 is 5.32 Å². The van der Waals surface area contributed by atoms with Crippen molar-refractivity contribution in [2.75, 3.05) is 5.32 Å². The van der Waals surface area contributed by atoms with Crippen LogP contribution in [0.1, 0.15) is 42.3 Å². The molecule has 0 fully saturated rings. The van der Waals surface area contributed by atoms with Crippen molar-refractivity contribution in [2.45, 2.75) is 33.3 Å². The number of pyridine rings is 1. The Morgan fingerprint density at radius 3 is 2.48 bits per heavy atom. The molecule has 5 nitrogen and oxygen atoms in total. The van der Waals surface area contributed by atoms with Crippen LogP contribution in [0.15, 0.2) is 73.5 Å². The third-order valence-electron chi connectivity index (χ3n) is 4.55. The number of hydrogen-bond donors (Lipinski definition) is 1. The van der Waals surface area contributed by atoms with Gasteiger partial charge in [-0.2, -0.15) is 0 Å². The maximum absolute atomic E-state index is 13.2. The van der Waals surface area contributed by atoms with E-state index < -0.39 is 11.6 Å². The standard InChI is InChI=1S/C26H26N2O3/c1-17-9-6-12-20(23(17)18(2)14-15-22(29)31-26(3,4)5)25(30)28-21-13-7-10-19-11-8-16-27-24(19)21/h6-16H,2H2,1,3-5H3,(H,28,30)/b15-14+. The molecule has 1 amide bonds. The van der Waals surface area contributed by atoms with Crippen LogP contribution in [0.5, 0.6) is 0 Å². The Kier molecular flexibility index (Phi) is 6.35. The van der Waals surface area contributed by atoms with Crippen LogP contribution in [-0.4, -0.2) is 22.5 Å². The predicted molar refractivity (Wildman–Crippen MR) is 125 cm³/mol. The second-order valence-corrected chi connectivity index (χ2v) is 8.22. The molecule has 1 N–H and O–H groups in total. The van der Waals surface area contributed by atoms with E-state index in [1.54, 1.807) is 39.1 Å². The lowest BCUT2D eigenvalue weighted by atomic mass is 9.95. The van der Waals surface area contributed by atoms with Gasteiger partial charge in [0.15, 0.2) is 0 Å². The highest BCUT2D eigenvalue weighted by molar-refractivity contribution is 6.11. The first-order chi connectivity index (χ1) is 14.7. The Labute approximate surface area is 182 Å². The molecule has 2 aromatic carbocycles. The van der Waals surface area contributed by atoms with E-state index in [-0.39, 0.29) is 5.91 Å². The van der Waals surface area contributed by atoms with E-state index in [2.05, 4.69) is 16.9 Å². The number of esters is 1. The summed E-state index contributed by atoms with van der Waals surface area (Å²) in [6, 6.07) is 14.9. The highest BCUT2D eigenvalue weighted by Gasteiger charge is 2.17. The van der Waals surface area contributed by atoms with Crippen molar-refractivity contribution in [3.8, 4) is 0 Å². The van der Waals surface area contributed by atoms with Gasteiger partial charge in [0, 0.05) is 23.2 Å². The molecule has 31 heavy (non-hydrogen) atoms. The van der Waals surface area contributed by atoms with Crippen molar-refractivity contribution in [2.24, 2.45) is 0 Å². The molecule has 3 aromatic rings. The smallest absolute Gasteiger partial charge is 0.331 e. The van der Waals surface area contributed by atoms with Gasteiger partial charge in [-0.05, 0) is 68.7 Å². The van der Waals surface area contributed by atoms with Gasteiger partial charge in [0.2, 0.25) is 0 Å². The molecule has 3 rings (SSSR count). The van der Waals surface area contributed by atoms with Crippen molar-refractivity contribution >= 4 is 34.0 Å². The van der Waals surface area contributed by atoms with Crippen molar-refractivity contribution < 1.29 is 14.3 Å². The molecule has 0 spiro atoms. The van der Waals surface area contributed by atoms with E-state index in [1.165, 1.54) is 6.08 Å². The summed E-state index contributed by atoms with van der Waals surface area (Å²) in [5.74, 6) is -0.737. The number of amides is 1. The summed E-state index contributed by atoms with van der Waals surface area (Å²) in [6.07, 6.45) is 4.60. The summed E-state index contributed by atoms with van der Waals surface area (Å²) in [5, 5.41) is 3.90. The van der Waals surface area contributed by atoms with Gasteiger partial charge >= 0.3 is 5.97 Å². The van der Waals surface area contributed by atoms with Crippen molar-refractivity contribution in [3.05, 3.63) is 90.1 Å². The fraction of sp³-hybridized carbons (Fsp3) is 0.192. The summed E-state index contributed by atoms with van der Waals surface area (Å²) in [7, 11) is 0. The number of fused-ring (bicyclic) bond motifs is 1. The minimum Gasteiger partial charge on any atom is -0.457 e. The summed E-state index contributed by atoms with van der Waals surface area (Å²) in [5.41, 5.74) is 3.33. The first-order valence-corrected chi connectivity index (χ1v) is 10.0. The number of nitrogens with zero attached hydrogens (tertiary/aromatic N) is 1. The minimum atomic E-state index is -0.580. The van der Waals surface area contributed by atoms with Crippen LogP contribution in [0, 0.1) is 6.92 Å². The number of allylic oxidation sites excluding steroid dienone is 2. The highest BCUT2D eigenvalue weighted by Crippen LogP contribution is 2.26. The SMILES string of the molecule is C=C(/C=C/C(=O)OC(C)(C)C)c1c(C)cccc1C(=O)Nc1cccc2cccnc12. The molecule has 0 saturated heterocycles. The molecule has 0 bridgehead atoms. The number of benzene rings is 2. The van der Waals surface area contributed by atoms with Gasteiger partial charge in [0.25, 0.3) is 5.91 Å². The fourth-order valence-electron chi connectivity index (χ4n) is 3.27. The van der Waals surface area contributed by atoms with E-state index in [1.807, 2.05) is 49.4 Å². The zero-order chi connectivity index (χ0) is 22.6. The minimum absolute atomic E-state index is 0.274. The molecule has 1 aromatic heterocycles. The number of para-hydroxylation sites is 1. The van der Waals surface area contributed by atoms with Crippen LogP contribution in [0.25, 0.3) is 16.5 Å². The number of carbonyl (C=O) groups is 2. The molecule has 0 radical (unpaired) electrons. The third-order valence-corrected chi connectivity index (χ3v) is 4.55. The molecular formula is C26H26N2O3. The number of anilines is 1. The van der Waals surface area contributed by atoms with Crippen LogP contribution in [0.4, 0.5) is 5.69 Å². The van der Waals surface area contributed by atoms with Crippen molar-refractivity contribution in [1.29, 1.82) is 0 Å². The predicted octanol–water partition coefficient (Wildman–Crippen LogP) is 5.71. The number of nitrogens with one attached hydrogen (secondary N) is 1. The van der Waals surface area contributed by atoms with Gasteiger partial charge in [-0.15, -0.1) is 0 Å². The Balaban J connectivity index is 1.89. The summed E-state index contributed by atoms with van der Waals surface area (Å²) < 4.78 is 5.30. The molecule has 5 heteroatoms. The number of carbonyl (C=O) groups excluding carboxylic acids is 2. The lowest BCUT2D eigenvalue weighted by Crippen LogP contribution is -2.22. The number of ether oxygens (including phenoxy) is 1. The van der Waals surface area contributed by atoms with E-state index in [0.29, 0.717) is 22.4 Å². The maximum Gasteiger partial charge on any atom is 0.331 e. The second kappa shape index (κ2) is 8.96. The zero-order valence-corrected chi connectivity index (χ0v) is 18.2. The van der Waals surface area contributed by atoms with E-state index in [0.717, 1.165) is 16.5 Å². The zero-order valence-electron chi connectivity index (χ0n) is 18.2. The average molecular weight is 415 g/mol. The van der Waals surface area contributed by atoms with Gasteiger partial charge in [0.05, 0.1) is 11.2 Å². The first kappa shape index (κ1) is 22.0. The van der Waals surface area contributed by atoms with E-state index >= 15 is 0 Å². The topological polar surface area (TPSA) is 68.3 Å². The van der Waals surface area contributed by atoms with Gasteiger partial charge < -0.3 is 10.1 Å². The largest absolute Gasteiger partial charge is 0.457 e. The van der Waals surface area contributed by atoms with Crippen LogP contribution in [-0.2, 0) is 9.53 Å². The Morgan fingerprint density at radius 2 is 1.74 bits per heavy atom. The van der Waals surface area contributed by atoms with Gasteiger partial charge in [-0.1, -0.05) is 36.9 Å². The average Bonchev–Trinajstić information content (AvgIpc) is 2.71. The molecule has 0 aliphatic heterocycles. The summed E-state index contributed by atoms with van der Waals surface area (Å²) in [4.78, 5) is 29.6. The van der Waals surface area contributed by atoms with E-state index in [9.17, 15) is 9.59 Å². The first-order valence-electron chi connectivity index (χ1n) is 10.0. The van der Waals surface area contributed by atoms with Crippen LogP contribution in [0.3, 0.4) is 0 Å². The maximum atomic E-state index is 13.2. The van der Waals surface area contributed by atoms with Crippen molar-refractivity contribution in [3.63, 3.8) is 0 Å². The third kappa shape index (κ3) is 5.45. The molecule has 0 aliphatic carbocycles.